The van der Waals surface area contributed by atoms with Gasteiger partial charge in [0.05, 0.1) is 28.7 Å². The Morgan fingerprint density at radius 2 is 1.60 bits per heavy atom. The van der Waals surface area contributed by atoms with Crippen molar-refractivity contribution in [1.29, 1.82) is 0 Å². The number of rotatable bonds is 1. The maximum Gasteiger partial charge on any atom is 0.243 e. The largest absolute Gasteiger partial charge is 0.373 e. The van der Waals surface area contributed by atoms with E-state index >= 15 is 0 Å². The van der Waals surface area contributed by atoms with E-state index in [2.05, 4.69) is 4.98 Å². The van der Waals surface area contributed by atoms with Crippen molar-refractivity contribution in [2.24, 2.45) is 10.8 Å². The first kappa shape index (κ1) is 12.0. The average Bonchev–Trinajstić information content (AvgIpc) is 3.06. The van der Waals surface area contributed by atoms with Gasteiger partial charge in [0.2, 0.25) is 11.8 Å². The Labute approximate surface area is 116 Å². The van der Waals surface area contributed by atoms with Crippen molar-refractivity contribution in [2.45, 2.75) is 38.9 Å². The number of fused-ring (bicyclic) bond motifs is 5. The van der Waals surface area contributed by atoms with Crippen molar-refractivity contribution in [3.8, 4) is 0 Å². The molecule has 0 aromatic carbocycles. The van der Waals surface area contributed by atoms with E-state index in [0.717, 1.165) is 12.8 Å². The molecule has 4 rings (SSSR count). The summed E-state index contributed by atoms with van der Waals surface area (Å²) in [5.74, 6) is -0.271. The summed E-state index contributed by atoms with van der Waals surface area (Å²) in [7, 11) is 0. The lowest BCUT2D eigenvalue weighted by Gasteiger charge is -2.36. The molecule has 20 heavy (non-hydrogen) atoms. The molecule has 2 bridgehead atoms. The third kappa shape index (κ3) is 1.04. The van der Waals surface area contributed by atoms with Gasteiger partial charge in [0.1, 0.15) is 0 Å². The highest BCUT2D eigenvalue weighted by molar-refractivity contribution is 6.26. The van der Waals surface area contributed by atoms with Gasteiger partial charge in [-0.15, -0.1) is 0 Å². The standard InChI is InChI=1S/C15H16N2O3/c1-14-10-3-4-11(20-10)15(14,2)13(19)17(12(14)18)9-5-7-16-8-6-9/h5-8,10-11H,3-4H2,1-2H3/t10-,11+,14+,15-. The van der Waals surface area contributed by atoms with Gasteiger partial charge in [-0.2, -0.15) is 0 Å². The molecule has 3 saturated heterocycles. The van der Waals surface area contributed by atoms with Crippen LogP contribution in [0.25, 0.3) is 0 Å². The normalized spacial score (nSPS) is 42.4. The lowest BCUT2D eigenvalue weighted by Crippen LogP contribution is -2.48. The highest BCUT2D eigenvalue weighted by Gasteiger charge is 2.77. The van der Waals surface area contributed by atoms with Gasteiger partial charge in [-0.05, 0) is 38.8 Å². The van der Waals surface area contributed by atoms with E-state index in [1.807, 2.05) is 13.8 Å². The summed E-state index contributed by atoms with van der Waals surface area (Å²) in [6, 6.07) is 3.40. The van der Waals surface area contributed by atoms with Crippen molar-refractivity contribution in [1.82, 2.24) is 4.98 Å². The first-order chi connectivity index (χ1) is 9.51. The Morgan fingerprint density at radius 3 is 2.10 bits per heavy atom. The van der Waals surface area contributed by atoms with Crippen LogP contribution in [0.1, 0.15) is 26.7 Å². The zero-order valence-electron chi connectivity index (χ0n) is 11.5. The van der Waals surface area contributed by atoms with Gasteiger partial charge in [0, 0.05) is 12.4 Å². The third-order valence-electron chi connectivity index (χ3n) is 5.60. The highest BCUT2D eigenvalue weighted by atomic mass is 16.5. The predicted octanol–water partition coefficient (Wildman–Crippen LogP) is 1.53. The summed E-state index contributed by atoms with van der Waals surface area (Å²) in [4.78, 5) is 31.1. The predicted molar refractivity (Wildman–Crippen MR) is 70.8 cm³/mol. The van der Waals surface area contributed by atoms with Crippen LogP contribution in [0.4, 0.5) is 5.69 Å². The second kappa shape index (κ2) is 3.47. The fraction of sp³-hybridized carbons (Fsp3) is 0.533. The molecule has 0 N–H and O–H groups in total. The van der Waals surface area contributed by atoms with E-state index in [-0.39, 0.29) is 24.0 Å². The molecule has 0 saturated carbocycles. The number of amides is 2. The summed E-state index contributed by atoms with van der Waals surface area (Å²) in [5, 5.41) is 0. The summed E-state index contributed by atoms with van der Waals surface area (Å²) in [6.07, 6.45) is 4.64. The smallest absolute Gasteiger partial charge is 0.243 e. The summed E-state index contributed by atoms with van der Waals surface area (Å²) in [6.45, 7) is 3.77. The highest BCUT2D eigenvalue weighted by Crippen LogP contribution is 2.64. The Morgan fingerprint density at radius 1 is 1.10 bits per heavy atom. The number of carbonyl (C=O) groups is 2. The van der Waals surface area contributed by atoms with Crippen LogP contribution in [-0.2, 0) is 14.3 Å². The van der Waals surface area contributed by atoms with E-state index in [0.29, 0.717) is 5.69 Å². The lowest BCUT2D eigenvalue weighted by atomic mass is 9.59. The van der Waals surface area contributed by atoms with Crippen LogP contribution in [0.3, 0.4) is 0 Å². The number of nitrogens with zero attached hydrogens (tertiary/aromatic N) is 2. The molecule has 4 heterocycles. The molecule has 3 fully saturated rings. The minimum Gasteiger partial charge on any atom is -0.373 e. The zero-order valence-corrected chi connectivity index (χ0v) is 11.5. The number of ether oxygens (including phenoxy) is 1. The van der Waals surface area contributed by atoms with Crippen LogP contribution in [0, 0.1) is 10.8 Å². The molecule has 0 radical (unpaired) electrons. The molecule has 0 unspecified atom stereocenters. The van der Waals surface area contributed by atoms with Crippen molar-refractivity contribution in [3.63, 3.8) is 0 Å². The Balaban J connectivity index is 1.88. The minimum atomic E-state index is -0.740. The number of imide groups is 1. The van der Waals surface area contributed by atoms with E-state index in [1.54, 1.807) is 24.5 Å². The van der Waals surface area contributed by atoms with Gasteiger partial charge in [-0.1, -0.05) is 0 Å². The van der Waals surface area contributed by atoms with Crippen LogP contribution >= 0.6 is 0 Å². The molecule has 2 amide bonds. The monoisotopic (exact) mass is 272 g/mol. The van der Waals surface area contributed by atoms with E-state index in [4.69, 9.17) is 4.74 Å². The van der Waals surface area contributed by atoms with Gasteiger partial charge in [0.15, 0.2) is 0 Å². The van der Waals surface area contributed by atoms with Crippen LogP contribution in [0.15, 0.2) is 24.5 Å². The second-order valence-electron chi connectivity index (χ2n) is 6.25. The molecule has 3 aliphatic heterocycles. The number of aromatic nitrogens is 1. The molecule has 104 valence electrons. The fourth-order valence-corrected chi connectivity index (χ4v) is 4.16. The zero-order chi connectivity index (χ0) is 14.1. The molecule has 5 nitrogen and oxygen atoms in total. The number of carbonyl (C=O) groups excluding carboxylic acids is 2. The van der Waals surface area contributed by atoms with E-state index in [1.165, 1.54) is 4.90 Å². The van der Waals surface area contributed by atoms with Crippen LogP contribution in [0.2, 0.25) is 0 Å². The van der Waals surface area contributed by atoms with Gasteiger partial charge < -0.3 is 4.74 Å². The van der Waals surface area contributed by atoms with Crippen LogP contribution in [0.5, 0.6) is 0 Å². The van der Waals surface area contributed by atoms with Crippen molar-refractivity contribution >= 4 is 17.5 Å². The van der Waals surface area contributed by atoms with Gasteiger partial charge in [-0.3, -0.25) is 14.6 Å². The lowest BCUT2D eigenvalue weighted by molar-refractivity contribution is -0.132. The summed E-state index contributed by atoms with van der Waals surface area (Å²) >= 11 is 0. The summed E-state index contributed by atoms with van der Waals surface area (Å²) < 4.78 is 5.89. The minimum absolute atomic E-state index is 0.136. The van der Waals surface area contributed by atoms with Crippen LogP contribution < -0.4 is 4.90 Å². The summed E-state index contributed by atoms with van der Waals surface area (Å²) in [5.41, 5.74) is -0.877. The number of hydrogen-bond acceptors (Lipinski definition) is 4. The molecule has 1 aromatic heterocycles. The van der Waals surface area contributed by atoms with Gasteiger partial charge in [-0.25, -0.2) is 4.90 Å². The number of hydrogen-bond donors (Lipinski definition) is 0. The van der Waals surface area contributed by atoms with Gasteiger partial charge >= 0.3 is 0 Å². The molecular weight excluding hydrogens is 256 g/mol. The Bertz CT molecular complexity index is 583. The fourth-order valence-electron chi connectivity index (χ4n) is 4.16. The molecule has 5 heteroatoms. The van der Waals surface area contributed by atoms with Crippen molar-refractivity contribution in [3.05, 3.63) is 24.5 Å². The second-order valence-corrected chi connectivity index (χ2v) is 6.25. The number of anilines is 1. The van der Waals surface area contributed by atoms with Crippen molar-refractivity contribution < 1.29 is 14.3 Å². The number of pyridine rings is 1. The van der Waals surface area contributed by atoms with Crippen molar-refractivity contribution in [2.75, 3.05) is 4.90 Å². The Kier molecular flexibility index (Phi) is 2.08. The quantitative estimate of drug-likeness (QED) is 0.727. The molecular formula is C15H16N2O3. The molecule has 4 atom stereocenters. The molecule has 0 spiro atoms. The average molecular weight is 272 g/mol. The maximum atomic E-state index is 12.9. The topological polar surface area (TPSA) is 59.5 Å². The maximum absolute atomic E-state index is 12.9. The van der Waals surface area contributed by atoms with Crippen LogP contribution in [-0.4, -0.2) is 29.0 Å². The van der Waals surface area contributed by atoms with E-state index < -0.39 is 10.8 Å². The van der Waals surface area contributed by atoms with E-state index in [9.17, 15) is 9.59 Å². The molecule has 0 aliphatic carbocycles. The molecule has 1 aromatic rings. The molecule has 3 aliphatic rings. The SMILES string of the molecule is C[C@@]12C(=O)N(c3ccncc3)C(=O)[C@]1(C)[C@H]1CC[C@@H]2O1. The first-order valence-electron chi connectivity index (χ1n) is 6.95. The Hall–Kier alpha value is -1.75. The van der Waals surface area contributed by atoms with Gasteiger partial charge in [0.25, 0.3) is 0 Å². The third-order valence-corrected chi connectivity index (χ3v) is 5.60. The first-order valence-corrected chi connectivity index (χ1v) is 6.95.